The van der Waals surface area contributed by atoms with E-state index in [0.717, 1.165) is 41.5 Å². The van der Waals surface area contributed by atoms with Gasteiger partial charge in [0.25, 0.3) is 0 Å². The van der Waals surface area contributed by atoms with Gasteiger partial charge in [0.2, 0.25) is 16.0 Å². The monoisotopic (exact) mass is 406 g/mol. The maximum absolute atomic E-state index is 11.5. The molecule has 0 saturated heterocycles. The van der Waals surface area contributed by atoms with Crippen LogP contribution in [-0.4, -0.2) is 29.3 Å². The molecule has 27 heavy (non-hydrogen) atoms. The third-order valence-electron chi connectivity index (χ3n) is 4.48. The van der Waals surface area contributed by atoms with Crippen LogP contribution in [-0.2, 0) is 16.6 Å². The Kier molecular flexibility index (Phi) is 4.47. The molecule has 7 nitrogen and oxygen atoms in total. The van der Waals surface area contributed by atoms with Crippen LogP contribution in [0.3, 0.4) is 0 Å². The minimum absolute atomic E-state index is 0.190. The Morgan fingerprint density at radius 1 is 1.30 bits per heavy atom. The van der Waals surface area contributed by atoms with Crippen LogP contribution in [0.15, 0.2) is 30.5 Å². The fraction of sp³-hybridized carbons (Fsp3) is 0.333. The highest BCUT2D eigenvalue weighted by Gasteiger charge is 2.27. The fourth-order valence-electron chi connectivity index (χ4n) is 2.98. The molecule has 0 aliphatic heterocycles. The Balaban J connectivity index is 1.65. The SMILES string of the molecule is Cc1cc(OCc2cc3nnc(NS(C)(=O)=O)n3cc2C2CC2)ccc1Cl. The van der Waals surface area contributed by atoms with Crippen molar-refractivity contribution in [1.29, 1.82) is 0 Å². The Labute approximate surface area is 162 Å². The Morgan fingerprint density at radius 3 is 2.74 bits per heavy atom. The number of nitrogens with zero attached hydrogens (tertiary/aromatic N) is 3. The van der Waals surface area contributed by atoms with Crippen LogP contribution in [0.4, 0.5) is 5.95 Å². The van der Waals surface area contributed by atoms with Crippen LogP contribution in [0.1, 0.15) is 35.4 Å². The maximum Gasteiger partial charge on any atom is 0.242 e. The summed E-state index contributed by atoms with van der Waals surface area (Å²) in [4.78, 5) is 0. The van der Waals surface area contributed by atoms with Crippen LogP contribution < -0.4 is 9.46 Å². The van der Waals surface area contributed by atoms with Gasteiger partial charge in [-0.15, -0.1) is 10.2 Å². The van der Waals surface area contributed by atoms with Gasteiger partial charge in [-0.2, -0.15) is 0 Å². The second-order valence-electron chi connectivity index (χ2n) is 6.85. The van der Waals surface area contributed by atoms with Gasteiger partial charge in [0.1, 0.15) is 12.4 Å². The summed E-state index contributed by atoms with van der Waals surface area (Å²) in [6, 6.07) is 7.47. The lowest BCUT2D eigenvalue weighted by molar-refractivity contribution is 0.304. The van der Waals surface area contributed by atoms with Crippen LogP contribution in [0, 0.1) is 6.92 Å². The van der Waals surface area contributed by atoms with Crippen molar-refractivity contribution in [3.05, 3.63) is 52.2 Å². The van der Waals surface area contributed by atoms with E-state index in [9.17, 15) is 8.42 Å². The zero-order valence-electron chi connectivity index (χ0n) is 14.9. The summed E-state index contributed by atoms with van der Waals surface area (Å²) in [6.07, 6.45) is 5.21. The number of fused-ring (bicyclic) bond motifs is 1. The molecule has 142 valence electrons. The zero-order valence-corrected chi connectivity index (χ0v) is 16.5. The highest BCUT2D eigenvalue weighted by Crippen LogP contribution is 2.42. The van der Waals surface area contributed by atoms with Crippen molar-refractivity contribution in [3.8, 4) is 5.75 Å². The number of hydrogen-bond acceptors (Lipinski definition) is 5. The molecule has 0 unspecified atom stereocenters. The van der Waals surface area contributed by atoms with Crippen molar-refractivity contribution in [3.63, 3.8) is 0 Å². The van der Waals surface area contributed by atoms with Crippen LogP contribution >= 0.6 is 11.6 Å². The molecule has 1 aromatic carbocycles. The lowest BCUT2D eigenvalue weighted by Gasteiger charge is -2.13. The van der Waals surface area contributed by atoms with Gasteiger partial charge in [-0.1, -0.05) is 11.6 Å². The summed E-state index contributed by atoms with van der Waals surface area (Å²) in [6.45, 7) is 2.33. The van der Waals surface area contributed by atoms with Crippen LogP contribution in [0.25, 0.3) is 5.65 Å². The van der Waals surface area contributed by atoms with Gasteiger partial charge >= 0.3 is 0 Å². The van der Waals surface area contributed by atoms with E-state index in [0.29, 0.717) is 23.2 Å². The number of aryl methyl sites for hydroxylation is 1. The largest absolute Gasteiger partial charge is 0.489 e. The van der Waals surface area contributed by atoms with E-state index in [2.05, 4.69) is 14.9 Å². The van der Waals surface area contributed by atoms with Crippen molar-refractivity contribution in [2.45, 2.75) is 32.3 Å². The Bertz CT molecular complexity index is 1120. The van der Waals surface area contributed by atoms with Gasteiger partial charge in [-0.25, -0.2) is 8.42 Å². The molecular weight excluding hydrogens is 388 g/mol. The first-order valence-electron chi connectivity index (χ1n) is 8.54. The summed E-state index contributed by atoms with van der Waals surface area (Å²) < 4.78 is 33.1. The normalized spacial score (nSPS) is 14.5. The molecule has 3 aromatic rings. The lowest BCUT2D eigenvalue weighted by Crippen LogP contribution is -2.12. The van der Waals surface area contributed by atoms with Crippen molar-refractivity contribution in [1.82, 2.24) is 14.6 Å². The number of sulfonamides is 1. The molecule has 2 aromatic heterocycles. The van der Waals surface area contributed by atoms with Gasteiger partial charge in [-0.3, -0.25) is 9.12 Å². The molecule has 0 spiro atoms. The molecule has 1 saturated carbocycles. The van der Waals surface area contributed by atoms with Gasteiger partial charge < -0.3 is 4.74 Å². The predicted molar refractivity (Wildman–Crippen MR) is 104 cm³/mol. The summed E-state index contributed by atoms with van der Waals surface area (Å²) >= 11 is 6.06. The Morgan fingerprint density at radius 2 is 2.07 bits per heavy atom. The number of halogens is 1. The predicted octanol–water partition coefficient (Wildman–Crippen LogP) is 3.52. The van der Waals surface area contributed by atoms with Crippen molar-refractivity contribution >= 4 is 33.2 Å². The average Bonchev–Trinajstić information content (AvgIpc) is 3.37. The molecule has 1 fully saturated rings. The number of rotatable bonds is 6. The minimum Gasteiger partial charge on any atom is -0.489 e. The number of benzene rings is 1. The van der Waals surface area contributed by atoms with E-state index in [-0.39, 0.29) is 5.95 Å². The number of ether oxygens (including phenoxy) is 1. The Hall–Kier alpha value is -2.32. The summed E-state index contributed by atoms with van der Waals surface area (Å²) in [5.74, 6) is 1.39. The van der Waals surface area contributed by atoms with Gasteiger partial charge in [-0.05, 0) is 66.6 Å². The molecule has 1 aliphatic carbocycles. The van der Waals surface area contributed by atoms with E-state index >= 15 is 0 Å². The van der Waals surface area contributed by atoms with Crippen LogP contribution in [0.2, 0.25) is 5.02 Å². The third kappa shape index (κ3) is 4.01. The minimum atomic E-state index is -3.43. The van der Waals surface area contributed by atoms with Gasteiger partial charge in [0, 0.05) is 11.2 Å². The zero-order chi connectivity index (χ0) is 19.2. The summed E-state index contributed by atoms with van der Waals surface area (Å²) in [5.41, 5.74) is 3.68. The molecule has 0 bridgehead atoms. The number of anilines is 1. The van der Waals surface area contributed by atoms with Crippen molar-refractivity contribution in [2.24, 2.45) is 0 Å². The number of hydrogen-bond donors (Lipinski definition) is 1. The molecule has 4 rings (SSSR count). The highest BCUT2D eigenvalue weighted by atomic mass is 35.5. The van der Waals surface area contributed by atoms with E-state index in [1.807, 2.05) is 37.4 Å². The first kappa shape index (κ1) is 18.1. The first-order chi connectivity index (χ1) is 12.8. The highest BCUT2D eigenvalue weighted by molar-refractivity contribution is 7.92. The summed E-state index contributed by atoms with van der Waals surface area (Å²) in [7, 11) is -3.43. The summed E-state index contributed by atoms with van der Waals surface area (Å²) in [5, 5.41) is 8.73. The van der Waals surface area contributed by atoms with Crippen molar-refractivity contribution in [2.75, 3.05) is 11.0 Å². The van der Waals surface area contributed by atoms with E-state index < -0.39 is 10.0 Å². The number of nitrogens with one attached hydrogen (secondary N) is 1. The molecule has 9 heteroatoms. The molecule has 2 heterocycles. The average molecular weight is 407 g/mol. The maximum atomic E-state index is 11.5. The van der Waals surface area contributed by atoms with Crippen LogP contribution in [0.5, 0.6) is 5.75 Å². The second kappa shape index (κ2) is 6.69. The van der Waals surface area contributed by atoms with Gasteiger partial charge in [0.15, 0.2) is 5.65 Å². The molecule has 0 amide bonds. The first-order valence-corrected chi connectivity index (χ1v) is 10.8. The van der Waals surface area contributed by atoms with Crippen molar-refractivity contribution < 1.29 is 13.2 Å². The molecule has 0 radical (unpaired) electrons. The molecule has 1 aliphatic rings. The topological polar surface area (TPSA) is 85.6 Å². The molecular formula is C18H19ClN4O3S. The number of aromatic nitrogens is 3. The van der Waals surface area contributed by atoms with E-state index in [1.165, 1.54) is 0 Å². The smallest absolute Gasteiger partial charge is 0.242 e. The standard InChI is InChI=1S/C18H19ClN4O3S/c1-11-7-14(5-6-16(11)19)26-10-13-8-17-20-21-18(22-27(2,24)25)23(17)9-15(13)12-3-4-12/h5-9,12H,3-4,10H2,1-2H3,(H,21,22). The number of pyridine rings is 1. The second-order valence-corrected chi connectivity index (χ2v) is 9.01. The molecule has 0 atom stereocenters. The fourth-order valence-corrected chi connectivity index (χ4v) is 3.57. The van der Waals surface area contributed by atoms with E-state index in [1.54, 1.807) is 4.40 Å². The molecule has 1 N–H and O–H groups in total. The van der Waals surface area contributed by atoms with Gasteiger partial charge in [0.05, 0.1) is 6.26 Å². The quantitative estimate of drug-likeness (QED) is 0.676. The third-order valence-corrected chi connectivity index (χ3v) is 5.46. The lowest BCUT2D eigenvalue weighted by atomic mass is 10.1. The van der Waals surface area contributed by atoms with E-state index in [4.69, 9.17) is 16.3 Å².